The monoisotopic (exact) mass is 608 g/mol. The number of halogens is 1. The van der Waals surface area contributed by atoms with Crippen LogP contribution in [-0.2, 0) is 6.42 Å². The van der Waals surface area contributed by atoms with Crippen LogP contribution in [0.25, 0.3) is 0 Å². The quantitative estimate of drug-likeness (QED) is 0.0924. The third-order valence-electron chi connectivity index (χ3n) is 8.19. The van der Waals surface area contributed by atoms with E-state index in [2.05, 4.69) is 98.8 Å². The second kappa shape index (κ2) is 20.4. The Labute approximate surface area is 252 Å². The van der Waals surface area contributed by atoms with Crippen molar-refractivity contribution >= 4 is 23.2 Å². The van der Waals surface area contributed by atoms with Crippen LogP contribution < -0.4 is 32.9 Å². The Morgan fingerprint density at radius 3 is 1.33 bits per heavy atom. The zero-order valence-electron chi connectivity index (χ0n) is 24.9. The minimum Gasteiger partial charge on any atom is -1.00 e. The summed E-state index contributed by atoms with van der Waals surface area (Å²) in [6.07, 6.45) is 23.3. The Kier molecular flexibility index (Phi) is 17.7. The van der Waals surface area contributed by atoms with Gasteiger partial charge in [0.05, 0.1) is 6.16 Å². The van der Waals surface area contributed by atoms with Gasteiger partial charge >= 0.3 is 0 Å². The van der Waals surface area contributed by atoms with Crippen molar-refractivity contribution in [3.63, 3.8) is 0 Å². The molecule has 0 spiro atoms. The first-order chi connectivity index (χ1) is 18.8. The molecule has 0 aliphatic carbocycles. The van der Waals surface area contributed by atoms with Gasteiger partial charge in [-0.15, -0.1) is 0 Å². The standard InChI is InChI=1S/C37H54P.BrH/c1-3-5-7-8-9-10-11-12-13-14-15-16-19-26-34-27-24-25-32-37(34)38(33-6-4-2,35-28-20-17-21-29-35)36-30-22-18-23-31-36;/h17-18,20-25,27-32H,3-16,19,26,33H2,1-2H3;1H/q+1;/p-1. The van der Waals surface area contributed by atoms with Crippen molar-refractivity contribution in [2.24, 2.45) is 0 Å². The maximum atomic E-state index is 2.47. The van der Waals surface area contributed by atoms with Crippen LogP contribution in [0, 0.1) is 0 Å². The third-order valence-corrected chi connectivity index (χ3v) is 12.8. The molecule has 0 amide bonds. The Bertz CT molecular complexity index is 945. The summed E-state index contributed by atoms with van der Waals surface area (Å²) in [5, 5.41) is 4.71. The van der Waals surface area contributed by atoms with Crippen molar-refractivity contribution in [1.29, 1.82) is 0 Å². The van der Waals surface area contributed by atoms with E-state index in [1.807, 2.05) is 0 Å². The minimum atomic E-state index is -1.69. The minimum absolute atomic E-state index is 0. The van der Waals surface area contributed by atoms with Gasteiger partial charge in [-0.1, -0.05) is 152 Å². The summed E-state index contributed by atoms with van der Waals surface area (Å²) < 4.78 is 0. The van der Waals surface area contributed by atoms with E-state index in [4.69, 9.17) is 0 Å². The number of benzene rings is 3. The molecule has 0 atom stereocenters. The first kappa shape index (κ1) is 33.8. The largest absolute Gasteiger partial charge is 1.00 e. The van der Waals surface area contributed by atoms with Crippen LogP contribution >= 0.6 is 7.26 Å². The summed E-state index contributed by atoms with van der Waals surface area (Å²) in [7, 11) is -1.69. The number of hydrogen-bond acceptors (Lipinski definition) is 0. The van der Waals surface area contributed by atoms with Crippen LogP contribution in [0.2, 0.25) is 0 Å². The predicted octanol–water partition coefficient (Wildman–Crippen LogP) is 7.42. The van der Waals surface area contributed by atoms with E-state index >= 15 is 0 Å². The summed E-state index contributed by atoms with van der Waals surface area (Å²) in [6.45, 7) is 4.64. The molecule has 0 radical (unpaired) electrons. The summed E-state index contributed by atoms with van der Waals surface area (Å²) in [4.78, 5) is 0. The molecule has 0 aliphatic heterocycles. The van der Waals surface area contributed by atoms with Crippen LogP contribution in [0.5, 0.6) is 0 Å². The van der Waals surface area contributed by atoms with Crippen molar-refractivity contribution in [1.82, 2.24) is 0 Å². The molecule has 3 aromatic rings. The van der Waals surface area contributed by atoms with Gasteiger partial charge in [0, 0.05) is 0 Å². The Hall–Kier alpha value is -1.43. The molecule has 39 heavy (non-hydrogen) atoms. The van der Waals surface area contributed by atoms with Crippen LogP contribution in [0.3, 0.4) is 0 Å². The molecule has 0 heterocycles. The molecule has 0 N–H and O–H groups in total. The van der Waals surface area contributed by atoms with Gasteiger partial charge in [0.1, 0.15) is 23.2 Å². The van der Waals surface area contributed by atoms with Gasteiger partial charge in [0.25, 0.3) is 0 Å². The van der Waals surface area contributed by atoms with Crippen LogP contribution in [0.15, 0.2) is 84.9 Å². The van der Waals surface area contributed by atoms with Crippen LogP contribution in [-0.4, -0.2) is 6.16 Å². The number of hydrogen-bond donors (Lipinski definition) is 0. The van der Waals surface area contributed by atoms with E-state index in [1.165, 1.54) is 120 Å². The molecule has 0 aliphatic rings. The van der Waals surface area contributed by atoms with Crippen molar-refractivity contribution < 1.29 is 17.0 Å². The van der Waals surface area contributed by atoms with Gasteiger partial charge < -0.3 is 17.0 Å². The fourth-order valence-corrected chi connectivity index (χ4v) is 10.8. The maximum absolute atomic E-state index is 2.47. The van der Waals surface area contributed by atoms with E-state index in [1.54, 1.807) is 10.9 Å². The lowest BCUT2D eigenvalue weighted by Gasteiger charge is -2.29. The Balaban J connectivity index is 0.00000533. The molecule has 0 nitrogen and oxygen atoms in total. The molecular weight excluding hydrogens is 555 g/mol. The fraction of sp³-hybridized carbons (Fsp3) is 0.514. The first-order valence-electron chi connectivity index (χ1n) is 15.9. The van der Waals surface area contributed by atoms with E-state index in [0.29, 0.717) is 0 Å². The van der Waals surface area contributed by atoms with E-state index in [0.717, 1.165) is 0 Å². The highest BCUT2D eigenvalue weighted by molar-refractivity contribution is 7.95. The Morgan fingerprint density at radius 1 is 0.436 bits per heavy atom. The van der Waals surface area contributed by atoms with Gasteiger partial charge in [-0.05, 0) is 55.2 Å². The molecule has 2 heteroatoms. The highest BCUT2D eigenvalue weighted by Gasteiger charge is 2.45. The molecular formula is C37H54BrP. The zero-order chi connectivity index (χ0) is 26.7. The fourth-order valence-electron chi connectivity index (χ4n) is 5.99. The maximum Gasteiger partial charge on any atom is 0.112 e. The van der Waals surface area contributed by atoms with Gasteiger partial charge in [-0.25, -0.2) is 0 Å². The molecule has 0 saturated heterocycles. The average Bonchev–Trinajstić information content (AvgIpc) is 2.97. The number of rotatable bonds is 20. The van der Waals surface area contributed by atoms with E-state index in [9.17, 15) is 0 Å². The summed E-state index contributed by atoms with van der Waals surface area (Å²) >= 11 is 0. The summed E-state index contributed by atoms with van der Waals surface area (Å²) in [6, 6.07) is 32.4. The normalized spacial score (nSPS) is 11.3. The second-order valence-electron chi connectivity index (χ2n) is 11.2. The molecule has 0 bridgehead atoms. The smallest absolute Gasteiger partial charge is 0.112 e. The topological polar surface area (TPSA) is 0 Å². The lowest BCUT2D eigenvalue weighted by atomic mass is 10.0. The summed E-state index contributed by atoms with van der Waals surface area (Å²) in [5.74, 6) is 0. The lowest BCUT2D eigenvalue weighted by Crippen LogP contribution is -3.00. The van der Waals surface area contributed by atoms with Crippen LogP contribution in [0.1, 0.15) is 116 Å². The van der Waals surface area contributed by atoms with Gasteiger partial charge in [-0.2, -0.15) is 0 Å². The predicted molar refractivity (Wildman–Crippen MR) is 174 cm³/mol. The first-order valence-corrected chi connectivity index (χ1v) is 17.9. The molecule has 0 unspecified atom stereocenters. The summed E-state index contributed by atoms with van der Waals surface area (Å²) in [5.41, 5.74) is 1.59. The average molecular weight is 610 g/mol. The number of aryl methyl sites for hydroxylation is 1. The molecule has 0 aromatic heterocycles. The van der Waals surface area contributed by atoms with E-state index in [-0.39, 0.29) is 17.0 Å². The lowest BCUT2D eigenvalue weighted by molar-refractivity contribution is -0.00000788. The van der Waals surface area contributed by atoms with Gasteiger partial charge in [0.15, 0.2) is 0 Å². The second-order valence-corrected chi connectivity index (χ2v) is 14.8. The highest BCUT2D eigenvalue weighted by Crippen LogP contribution is 2.56. The van der Waals surface area contributed by atoms with Gasteiger partial charge in [-0.3, -0.25) is 0 Å². The van der Waals surface area contributed by atoms with Crippen LogP contribution in [0.4, 0.5) is 0 Å². The van der Waals surface area contributed by atoms with Crippen molar-refractivity contribution in [3.8, 4) is 0 Å². The van der Waals surface area contributed by atoms with Gasteiger partial charge in [0.2, 0.25) is 0 Å². The molecule has 0 saturated carbocycles. The zero-order valence-corrected chi connectivity index (χ0v) is 27.4. The molecule has 3 aromatic carbocycles. The van der Waals surface area contributed by atoms with Crippen molar-refractivity contribution in [2.75, 3.05) is 6.16 Å². The number of unbranched alkanes of at least 4 members (excludes halogenated alkanes) is 13. The molecule has 214 valence electrons. The van der Waals surface area contributed by atoms with Crippen molar-refractivity contribution in [2.45, 2.75) is 117 Å². The Morgan fingerprint density at radius 2 is 0.846 bits per heavy atom. The SMILES string of the molecule is CCCCCCCCCCCCCCCc1ccccc1[P+](CCCC)(c1ccccc1)c1ccccc1.[Br-]. The molecule has 0 fully saturated rings. The molecule has 3 rings (SSSR count). The third kappa shape index (κ3) is 10.8. The van der Waals surface area contributed by atoms with Crippen molar-refractivity contribution in [3.05, 3.63) is 90.5 Å². The highest BCUT2D eigenvalue weighted by atomic mass is 79.9. The van der Waals surface area contributed by atoms with E-state index < -0.39 is 7.26 Å².